The first-order valence-electron chi connectivity index (χ1n) is 10.4. The van der Waals surface area contributed by atoms with Gasteiger partial charge >= 0.3 is 6.43 Å². The normalized spacial score (nSPS) is 17.1. The van der Waals surface area contributed by atoms with E-state index in [4.69, 9.17) is 20.8 Å². The monoisotopic (exact) mass is 546 g/mol. The van der Waals surface area contributed by atoms with Crippen molar-refractivity contribution in [1.82, 2.24) is 25.1 Å². The number of rotatable bonds is 10. The van der Waals surface area contributed by atoms with E-state index in [9.17, 15) is 17.2 Å². The fourth-order valence-corrected chi connectivity index (χ4v) is 5.87. The number of thiazole rings is 1. The summed E-state index contributed by atoms with van der Waals surface area (Å²) in [6, 6.07) is 1.50. The number of hydrogen-bond donors (Lipinski definition) is 0. The molecule has 3 aromatic rings. The number of nitrogens with zero attached hydrogens (tertiary/aromatic N) is 6. The Labute approximate surface area is 209 Å². The minimum atomic E-state index is -3.83. The maximum Gasteiger partial charge on any atom is 0.314 e. The average Bonchev–Trinajstić information content (AvgIpc) is 3.51. The molecule has 0 amide bonds. The smallest absolute Gasteiger partial charge is 0.314 e. The van der Waals surface area contributed by atoms with Crippen LogP contribution in [0.1, 0.15) is 17.3 Å². The van der Waals surface area contributed by atoms with Crippen LogP contribution >= 0.6 is 22.9 Å². The van der Waals surface area contributed by atoms with E-state index in [1.54, 1.807) is 6.08 Å². The summed E-state index contributed by atoms with van der Waals surface area (Å²) in [5.41, 5.74) is 0.276. The predicted molar refractivity (Wildman–Crippen MR) is 126 cm³/mol. The molecule has 0 aliphatic carbocycles. The molecule has 1 aliphatic heterocycles. The molecule has 0 spiro atoms. The lowest BCUT2D eigenvalue weighted by Crippen LogP contribution is -2.45. The van der Waals surface area contributed by atoms with E-state index in [2.05, 4.69) is 26.7 Å². The molecule has 1 atom stereocenters. The maximum atomic E-state index is 13.4. The van der Waals surface area contributed by atoms with Crippen molar-refractivity contribution in [2.75, 3.05) is 36.3 Å². The Hall–Kier alpha value is -2.52. The second kappa shape index (κ2) is 11.0. The van der Waals surface area contributed by atoms with Crippen molar-refractivity contribution in [2.45, 2.75) is 19.1 Å². The molecule has 0 saturated carbocycles. The summed E-state index contributed by atoms with van der Waals surface area (Å²) >= 11 is 7.12. The minimum absolute atomic E-state index is 0.119. The van der Waals surface area contributed by atoms with Crippen molar-refractivity contribution in [3.05, 3.63) is 53.2 Å². The van der Waals surface area contributed by atoms with E-state index >= 15 is 0 Å². The topological polar surface area (TPSA) is 115 Å². The van der Waals surface area contributed by atoms with Crippen LogP contribution < -0.4 is 4.31 Å². The third-order valence-corrected chi connectivity index (χ3v) is 7.98. The van der Waals surface area contributed by atoms with Gasteiger partial charge in [0.25, 0.3) is 11.8 Å². The van der Waals surface area contributed by atoms with Gasteiger partial charge < -0.3 is 9.15 Å². The first-order valence-corrected chi connectivity index (χ1v) is 13.2. The van der Waals surface area contributed by atoms with Gasteiger partial charge in [-0.05, 0) is 6.07 Å². The molecule has 3 aromatic heterocycles. The van der Waals surface area contributed by atoms with Crippen molar-refractivity contribution in [2.24, 2.45) is 0 Å². The zero-order valence-corrected chi connectivity index (χ0v) is 20.6. The van der Waals surface area contributed by atoms with Crippen molar-refractivity contribution >= 4 is 38.6 Å². The molecule has 0 radical (unpaired) electrons. The van der Waals surface area contributed by atoms with Crippen molar-refractivity contribution in [1.29, 1.82) is 0 Å². The third kappa shape index (κ3) is 6.38. The van der Waals surface area contributed by atoms with Gasteiger partial charge in [0, 0.05) is 25.8 Å². The van der Waals surface area contributed by atoms with Gasteiger partial charge in [-0.3, -0.25) is 14.2 Å². The molecule has 10 nitrogen and oxygen atoms in total. The van der Waals surface area contributed by atoms with Crippen molar-refractivity contribution < 1.29 is 26.4 Å². The average molecular weight is 547 g/mol. The van der Waals surface area contributed by atoms with Crippen molar-refractivity contribution in [3.8, 4) is 10.8 Å². The predicted octanol–water partition coefficient (Wildman–Crippen LogP) is 3.40. The highest BCUT2D eigenvalue weighted by atomic mass is 35.5. The molecule has 4 heterocycles. The highest BCUT2D eigenvalue weighted by Crippen LogP contribution is 2.30. The lowest BCUT2D eigenvalue weighted by molar-refractivity contribution is -0.000747. The molecule has 35 heavy (non-hydrogen) atoms. The van der Waals surface area contributed by atoms with Gasteiger partial charge in [-0.1, -0.05) is 17.7 Å². The molecule has 0 aromatic carbocycles. The Morgan fingerprint density at radius 3 is 2.89 bits per heavy atom. The second-order valence-electron chi connectivity index (χ2n) is 7.49. The Balaban J connectivity index is 1.54. The highest BCUT2D eigenvalue weighted by Gasteiger charge is 2.27. The van der Waals surface area contributed by atoms with Crippen molar-refractivity contribution in [3.63, 3.8) is 0 Å². The fraction of sp³-hybridized carbons (Fsp3) is 0.400. The van der Waals surface area contributed by atoms with Crippen LogP contribution in [0.4, 0.5) is 14.5 Å². The van der Waals surface area contributed by atoms with E-state index in [0.29, 0.717) is 36.1 Å². The number of sulfonamides is 1. The van der Waals surface area contributed by atoms with Crippen LogP contribution in [0.3, 0.4) is 0 Å². The largest absolute Gasteiger partial charge is 0.414 e. The highest BCUT2D eigenvalue weighted by molar-refractivity contribution is 7.92. The SMILES string of the molecule is C=C[C@H]1CN(CCS(=O)(=O)N(Cc2ncc(-c3nnc(C(F)F)o3)s2)c2cncc(Cl)c2)CCO1. The van der Waals surface area contributed by atoms with Gasteiger partial charge in [0.2, 0.25) is 10.0 Å². The maximum absolute atomic E-state index is 13.4. The molecule has 1 aliphatic rings. The van der Waals surface area contributed by atoms with E-state index in [-0.39, 0.29) is 35.0 Å². The standard InChI is InChI=1S/C20H21ClF2N6O4S2/c1-2-15-11-28(3-5-32-15)4-6-35(30,31)29(14-7-13(21)8-24-9-14)12-17-25-10-16(34-17)19-26-27-20(33-19)18(22)23/h2,7-10,15,18H,1,3-6,11-12H2/t15-/m0/s1. The second-order valence-corrected chi connectivity index (χ2v) is 11.1. The van der Waals surface area contributed by atoms with Crippen LogP contribution in [0.2, 0.25) is 5.02 Å². The summed E-state index contributed by atoms with van der Waals surface area (Å²) in [4.78, 5) is 10.6. The summed E-state index contributed by atoms with van der Waals surface area (Å²) in [5, 5.41) is 7.57. The molecule has 1 saturated heterocycles. The van der Waals surface area contributed by atoms with E-state index < -0.39 is 22.3 Å². The van der Waals surface area contributed by atoms with Crippen LogP contribution in [0.25, 0.3) is 10.8 Å². The van der Waals surface area contributed by atoms with Gasteiger partial charge in [-0.15, -0.1) is 28.1 Å². The van der Waals surface area contributed by atoms with Crippen LogP contribution in [-0.2, 0) is 21.3 Å². The van der Waals surface area contributed by atoms with Gasteiger partial charge in [0.15, 0.2) is 0 Å². The van der Waals surface area contributed by atoms with E-state index in [1.165, 1.54) is 29.0 Å². The summed E-state index contributed by atoms with van der Waals surface area (Å²) in [6.07, 6.45) is 2.81. The summed E-state index contributed by atoms with van der Waals surface area (Å²) in [6.45, 7) is 5.55. The number of halogens is 3. The third-order valence-electron chi connectivity index (χ3n) is 5.09. The number of hydrogen-bond acceptors (Lipinski definition) is 10. The first kappa shape index (κ1) is 25.6. The molecule has 4 rings (SSSR count). The molecular formula is C20H21ClF2N6O4S2. The van der Waals surface area contributed by atoms with Gasteiger partial charge in [-0.25, -0.2) is 13.4 Å². The number of pyridine rings is 1. The molecule has 1 fully saturated rings. The molecule has 188 valence electrons. The Morgan fingerprint density at radius 2 is 2.17 bits per heavy atom. The number of aromatic nitrogens is 4. The molecular weight excluding hydrogens is 526 g/mol. The first-order chi connectivity index (χ1) is 16.7. The number of morpholine rings is 1. The lowest BCUT2D eigenvalue weighted by Gasteiger charge is -2.32. The molecule has 0 N–H and O–H groups in total. The van der Waals surface area contributed by atoms with Crippen LogP contribution in [0.15, 0.2) is 41.7 Å². The van der Waals surface area contributed by atoms with Crippen LogP contribution in [0.5, 0.6) is 0 Å². The minimum Gasteiger partial charge on any atom is -0.414 e. The number of alkyl halides is 2. The number of anilines is 1. The van der Waals surface area contributed by atoms with E-state index in [0.717, 1.165) is 11.3 Å². The van der Waals surface area contributed by atoms with Crippen LogP contribution in [0, 0.1) is 0 Å². The fourth-order valence-electron chi connectivity index (χ4n) is 3.35. The van der Waals surface area contributed by atoms with E-state index in [1.807, 2.05) is 4.90 Å². The summed E-state index contributed by atoms with van der Waals surface area (Å²) < 4.78 is 64.0. The van der Waals surface area contributed by atoms with Gasteiger partial charge in [0.1, 0.15) is 9.88 Å². The van der Waals surface area contributed by atoms with Gasteiger partial charge in [-0.2, -0.15) is 8.78 Å². The lowest BCUT2D eigenvalue weighted by atomic mass is 10.3. The quantitative estimate of drug-likeness (QED) is 0.353. The van der Waals surface area contributed by atoms with Crippen LogP contribution in [-0.4, -0.2) is 71.6 Å². The number of ether oxygens (including phenoxy) is 1. The Morgan fingerprint density at radius 1 is 1.34 bits per heavy atom. The molecule has 0 unspecified atom stereocenters. The zero-order chi connectivity index (χ0) is 25.0. The van der Waals surface area contributed by atoms with Gasteiger partial charge in [0.05, 0.1) is 48.1 Å². The zero-order valence-electron chi connectivity index (χ0n) is 18.3. The molecule has 15 heteroatoms. The summed E-state index contributed by atoms with van der Waals surface area (Å²) in [7, 11) is -3.83. The summed E-state index contributed by atoms with van der Waals surface area (Å²) in [5.74, 6) is -1.08. The Kier molecular flexibility index (Phi) is 8.06. The molecule has 0 bridgehead atoms. The Bertz CT molecular complexity index is 1270.